The van der Waals surface area contributed by atoms with Gasteiger partial charge in [-0.3, -0.25) is 10.1 Å². The van der Waals surface area contributed by atoms with Crippen molar-refractivity contribution in [2.24, 2.45) is 0 Å². The molecule has 0 fully saturated rings. The summed E-state index contributed by atoms with van der Waals surface area (Å²) in [6, 6.07) is 16.3. The SMILES string of the molecule is CC(C)(C)c1cc2c3c(cc(C(C)(C)C)cc3c1)CN(c1ccc([N+](=O)[O-])cc1)C2. The number of hydrogen-bond donors (Lipinski definition) is 0. The van der Waals surface area contributed by atoms with Crippen molar-refractivity contribution in [2.75, 3.05) is 4.90 Å². The van der Waals surface area contributed by atoms with Gasteiger partial charge >= 0.3 is 0 Å². The molecule has 1 heterocycles. The van der Waals surface area contributed by atoms with Crippen LogP contribution in [0.15, 0.2) is 48.5 Å². The van der Waals surface area contributed by atoms with Crippen LogP contribution >= 0.6 is 0 Å². The van der Waals surface area contributed by atoms with Crippen LogP contribution < -0.4 is 4.90 Å². The van der Waals surface area contributed by atoms with Gasteiger partial charge in [0.25, 0.3) is 5.69 Å². The summed E-state index contributed by atoms with van der Waals surface area (Å²) in [5, 5.41) is 13.7. The second-order valence-electron chi connectivity index (χ2n) is 10.5. The second kappa shape index (κ2) is 6.83. The molecule has 30 heavy (non-hydrogen) atoms. The lowest BCUT2D eigenvalue weighted by Crippen LogP contribution is -2.27. The van der Waals surface area contributed by atoms with Crippen molar-refractivity contribution in [3.63, 3.8) is 0 Å². The molecule has 4 heteroatoms. The van der Waals surface area contributed by atoms with Crippen molar-refractivity contribution < 1.29 is 4.92 Å². The highest BCUT2D eigenvalue weighted by atomic mass is 16.6. The molecule has 0 radical (unpaired) electrons. The Morgan fingerprint density at radius 2 is 1.27 bits per heavy atom. The molecule has 1 aliphatic rings. The third-order valence-corrected chi connectivity index (χ3v) is 6.09. The van der Waals surface area contributed by atoms with Crippen LogP contribution in [0.4, 0.5) is 11.4 Å². The standard InChI is InChI=1S/C26H30N2O2/c1-25(2,3)20-11-17-12-21(26(4,5)6)14-19-16-27(15-18(13-20)24(17)19)22-7-9-23(10-8-22)28(29)30/h7-14H,15-16H2,1-6H3. The highest BCUT2D eigenvalue weighted by Crippen LogP contribution is 2.39. The smallest absolute Gasteiger partial charge is 0.269 e. The molecule has 0 aromatic heterocycles. The quantitative estimate of drug-likeness (QED) is 0.347. The maximum Gasteiger partial charge on any atom is 0.269 e. The van der Waals surface area contributed by atoms with Gasteiger partial charge in [0.2, 0.25) is 0 Å². The molecule has 0 saturated heterocycles. The summed E-state index contributed by atoms with van der Waals surface area (Å²) in [6.07, 6.45) is 0. The Morgan fingerprint density at radius 3 is 1.67 bits per heavy atom. The van der Waals surface area contributed by atoms with E-state index in [2.05, 4.69) is 70.7 Å². The average molecular weight is 403 g/mol. The van der Waals surface area contributed by atoms with E-state index in [1.54, 1.807) is 12.1 Å². The summed E-state index contributed by atoms with van der Waals surface area (Å²) in [4.78, 5) is 13.0. The summed E-state index contributed by atoms with van der Waals surface area (Å²) in [5.41, 5.74) is 6.62. The predicted octanol–water partition coefficient (Wildman–Crippen LogP) is 6.86. The van der Waals surface area contributed by atoms with E-state index in [1.807, 2.05) is 12.1 Å². The summed E-state index contributed by atoms with van der Waals surface area (Å²) in [6.45, 7) is 15.1. The van der Waals surface area contributed by atoms with Gasteiger partial charge in [-0.05, 0) is 56.0 Å². The molecular weight excluding hydrogens is 372 g/mol. The largest absolute Gasteiger partial charge is 0.363 e. The maximum atomic E-state index is 11.0. The minimum absolute atomic E-state index is 0.0677. The Kier molecular flexibility index (Phi) is 4.64. The molecule has 0 unspecified atom stereocenters. The number of rotatable bonds is 2. The van der Waals surface area contributed by atoms with Gasteiger partial charge in [0.1, 0.15) is 0 Å². The molecule has 3 aromatic rings. The lowest BCUT2D eigenvalue weighted by molar-refractivity contribution is -0.384. The molecule has 0 N–H and O–H groups in total. The van der Waals surface area contributed by atoms with Gasteiger partial charge in [-0.1, -0.05) is 65.8 Å². The molecule has 156 valence electrons. The van der Waals surface area contributed by atoms with Crippen molar-refractivity contribution in [1.82, 2.24) is 0 Å². The molecule has 0 amide bonds. The van der Waals surface area contributed by atoms with Crippen molar-refractivity contribution in [3.05, 3.63) is 80.9 Å². The molecule has 0 spiro atoms. The van der Waals surface area contributed by atoms with Crippen LogP contribution in [0.3, 0.4) is 0 Å². The highest BCUT2D eigenvalue weighted by Gasteiger charge is 2.25. The van der Waals surface area contributed by atoms with E-state index in [1.165, 1.54) is 33.0 Å². The Labute approximate surface area is 178 Å². The van der Waals surface area contributed by atoms with E-state index >= 15 is 0 Å². The van der Waals surface area contributed by atoms with Gasteiger partial charge < -0.3 is 4.90 Å². The zero-order valence-electron chi connectivity index (χ0n) is 18.7. The van der Waals surface area contributed by atoms with E-state index in [4.69, 9.17) is 0 Å². The zero-order valence-corrected chi connectivity index (χ0v) is 18.7. The minimum Gasteiger partial charge on any atom is -0.363 e. The third kappa shape index (κ3) is 3.67. The van der Waals surface area contributed by atoms with E-state index < -0.39 is 0 Å². The first kappa shape index (κ1) is 20.4. The van der Waals surface area contributed by atoms with Crippen molar-refractivity contribution in [2.45, 2.75) is 65.5 Å². The number of anilines is 1. The molecule has 4 nitrogen and oxygen atoms in total. The number of nitrogens with zero attached hydrogens (tertiary/aromatic N) is 2. The molecular formula is C26H30N2O2. The first-order valence-electron chi connectivity index (χ1n) is 10.5. The third-order valence-electron chi connectivity index (χ3n) is 6.09. The Bertz CT molecular complexity index is 1070. The fraction of sp³-hybridized carbons (Fsp3) is 0.385. The molecule has 0 bridgehead atoms. The zero-order chi connectivity index (χ0) is 21.8. The number of benzene rings is 3. The van der Waals surface area contributed by atoms with Crippen LogP contribution in [0.25, 0.3) is 10.8 Å². The monoisotopic (exact) mass is 402 g/mol. The first-order chi connectivity index (χ1) is 13.9. The summed E-state index contributed by atoms with van der Waals surface area (Å²) >= 11 is 0. The van der Waals surface area contributed by atoms with Crippen molar-refractivity contribution in [3.8, 4) is 0 Å². The van der Waals surface area contributed by atoms with Crippen LogP contribution in [0, 0.1) is 10.1 Å². The fourth-order valence-electron chi connectivity index (χ4n) is 4.25. The number of nitro benzene ring substituents is 1. The normalized spacial score (nSPS) is 14.3. The maximum absolute atomic E-state index is 11.0. The number of hydrogen-bond acceptors (Lipinski definition) is 3. The van der Waals surface area contributed by atoms with Crippen molar-refractivity contribution in [1.29, 1.82) is 0 Å². The average Bonchev–Trinajstić information content (AvgIpc) is 2.66. The summed E-state index contributed by atoms with van der Waals surface area (Å²) in [5.74, 6) is 0. The van der Waals surface area contributed by atoms with Gasteiger partial charge in [0.15, 0.2) is 0 Å². The van der Waals surface area contributed by atoms with Crippen LogP contribution in [0.2, 0.25) is 0 Å². The van der Waals surface area contributed by atoms with Crippen LogP contribution in [-0.4, -0.2) is 4.92 Å². The lowest BCUT2D eigenvalue weighted by atomic mass is 9.79. The van der Waals surface area contributed by atoms with E-state index in [-0.39, 0.29) is 21.4 Å². The van der Waals surface area contributed by atoms with Gasteiger partial charge in [0.05, 0.1) is 4.92 Å². The number of nitro groups is 1. The highest BCUT2D eigenvalue weighted by molar-refractivity contribution is 5.92. The summed E-state index contributed by atoms with van der Waals surface area (Å²) in [7, 11) is 0. The van der Waals surface area contributed by atoms with Crippen LogP contribution in [0.1, 0.15) is 63.8 Å². The second-order valence-corrected chi connectivity index (χ2v) is 10.5. The van der Waals surface area contributed by atoms with E-state index in [0.29, 0.717) is 0 Å². The molecule has 3 aromatic carbocycles. The summed E-state index contributed by atoms with van der Waals surface area (Å²) < 4.78 is 0. The Morgan fingerprint density at radius 1 is 0.800 bits per heavy atom. The van der Waals surface area contributed by atoms with Gasteiger partial charge in [0, 0.05) is 30.9 Å². The molecule has 4 rings (SSSR count). The van der Waals surface area contributed by atoms with E-state index in [9.17, 15) is 10.1 Å². The molecule has 0 aliphatic carbocycles. The Balaban J connectivity index is 1.87. The Hall–Kier alpha value is -2.88. The fourth-order valence-corrected chi connectivity index (χ4v) is 4.25. The van der Waals surface area contributed by atoms with Crippen molar-refractivity contribution >= 4 is 22.1 Å². The number of non-ortho nitro benzene ring substituents is 1. The predicted molar refractivity (Wildman–Crippen MR) is 124 cm³/mol. The molecule has 1 aliphatic heterocycles. The topological polar surface area (TPSA) is 46.4 Å². The molecule has 0 atom stereocenters. The van der Waals surface area contributed by atoms with Gasteiger partial charge in [-0.25, -0.2) is 0 Å². The van der Waals surface area contributed by atoms with E-state index in [0.717, 1.165) is 18.8 Å². The first-order valence-corrected chi connectivity index (χ1v) is 10.5. The van der Waals surface area contributed by atoms with Gasteiger partial charge in [-0.15, -0.1) is 0 Å². The van der Waals surface area contributed by atoms with Crippen LogP contribution in [-0.2, 0) is 23.9 Å². The van der Waals surface area contributed by atoms with Crippen LogP contribution in [0.5, 0.6) is 0 Å². The van der Waals surface area contributed by atoms with Gasteiger partial charge in [-0.2, -0.15) is 0 Å². The molecule has 0 saturated carbocycles. The lowest BCUT2D eigenvalue weighted by Gasteiger charge is -2.34. The minimum atomic E-state index is -0.346.